The quantitative estimate of drug-likeness (QED) is 0.501. The largest absolute Gasteiger partial charge is 0.272 e. The Morgan fingerprint density at radius 2 is 1.89 bits per heavy atom. The molecule has 0 bridgehead atoms. The molecule has 5 nitrogen and oxygen atoms in total. The molecule has 0 aliphatic rings. The lowest BCUT2D eigenvalue weighted by Gasteiger charge is -2.08. The van der Waals surface area contributed by atoms with E-state index in [-0.39, 0.29) is 0 Å². The monoisotopic (exact) mass is 400 g/mol. The molecule has 27 heavy (non-hydrogen) atoms. The minimum absolute atomic E-state index is 0.352. The highest BCUT2D eigenvalue weighted by molar-refractivity contribution is 6.34. The van der Waals surface area contributed by atoms with Crippen molar-refractivity contribution in [3.8, 4) is 5.69 Å². The van der Waals surface area contributed by atoms with Crippen LogP contribution in [0, 0.1) is 20.8 Å². The van der Waals surface area contributed by atoms with Crippen molar-refractivity contribution in [1.82, 2.24) is 15.2 Å². The third-order valence-corrected chi connectivity index (χ3v) is 4.81. The maximum atomic E-state index is 12.2. The number of nitrogens with zero attached hydrogens (tertiary/aromatic N) is 3. The maximum Gasteiger partial charge on any atom is 0.272 e. The number of hydrogen-bond donors (Lipinski definition) is 1. The first-order valence-corrected chi connectivity index (χ1v) is 9.04. The molecule has 7 heteroatoms. The van der Waals surface area contributed by atoms with E-state index in [0.717, 1.165) is 16.8 Å². The summed E-state index contributed by atoms with van der Waals surface area (Å²) in [6.07, 6.45) is 1.49. The van der Waals surface area contributed by atoms with Crippen LogP contribution in [0.5, 0.6) is 0 Å². The van der Waals surface area contributed by atoms with Gasteiger partial charge in [0.25, 0.3) is 5.91 Å². The summed E-state index contributed by atoms with van der Waals surface area (Å²) in [4.78, 5) is 12.2. The Labute approximate surface area is 167 Å². The summed E-state index contributed by atoms with van der Waals surface area (Å²) >= 11 is 12.5. The fourth-order valence-electron chi connectivity index (χ4n) is 2.63. The van der Waals surface area contributed by atoms with Crippen LogP contribution in [0.4, 0.5) is 0 Å². The topological polar surface area (TPSA) is 59.3 Å². The molecular formula is C20H18Cl2N4O. The van der Waals surface area contributed by atoms with Crippen molar-refractivity contribution in [3.63, 3.8) is 0 Å². The third-order valence-electron chi connectivity index (χ3n) is 4.12. The van der Waals surface area contributed by atoms with Crippen LogP contribution in [-0.4, -0.2) is 21.9 Å². The summed E-state index contributed by atoms with van der Waals surface area (Å²) in [5.41, 5.74) is 7.23. The Bertz CT molecular complexity index is 1040. The molecule has 2 aromatic carbocycles. The highest BCUT2D eigenvalue weighted by Crippen LogP contribution is 2.25. The molecule has 0 aliphatic heterocycles. The first-order valence-electron chi connectivity index (χ1n) is 8.29. The molecule has 1 aromatic heterocycles. The lowest BCUT2D eigenvalue weighted by atomic mass is 10.1. The van der Waals surface area contributed by atoms with Crippen LogP contribution in [0.15, 0.2) is 47.6 Å². The van der Waals surface area contributed by atoms with Gasteiger partial charge in [0.15, 0.2) is 0 Å². The molecule has 0 fully saturated rings. The lowest BCUT2D eigenvalue weighted by Crippen LogP contribution is -2.18. The number of amides is 1. The predicted molar refractivity (Wildman–Crippen MR) is 109 cm³/mol. The number of benzene rings is 2. The number of hydrogen-bond acceptors (Lipinski definition) is 3. The smallest absolute Gasteiger partial charge is 0.267 e. The number of hydrazone groups is 1. The molecular weight excluding hydrogens is 383 g/mol. The Hall–Kier alpha value is -2.63. The Morgan fingerprint density at radius 3 is 2.63 bits per heavy atom. The van der Waals surface area contributed by atoms with Gasteiger partial charge in [-0.25, -0.2) is 10.1 Å². The number of rotatable bonds is 4. The van der Waals surface area contributed by atoms with Gasteiger partial charge in [-0.05, 0) is 50.1 Å². The minimum atomic E-state index is -0.396. The van der Waals surface area contributed by atoms with Crippen LogP contribution < -0.4 is 5.43 Å². The van der Waals surface area contributed by atoms with Gasteiger partial charge in [0, 0.05) is 0 Å². The highest BCUT2D eigenvalue weighted by atomic mass is 35.5. The summed E-state index contributed by atoms with van der Waals surface area (Å²) in [6, 6.07) is 12.9. The van der Waals surface area contributed by atoms with Crippen molar-refractivity contribution >= 4 is 35.3 Å². The number of halogens is 2. The Kier molecular flexibility index (Phi) is 5.63. The Balaban J connectivity index is 1.85. The van der Waals surface area contributed by atoms with E-state index in [9.17, 15) is 4.79 Å². The van der Waals surface area contributed by atoms with Crippen molar-refractivity contribution in [3.05, 3.63) is 80.6 Å². The van der Waals surface area contributed by atoms with Crippen molar-refractivity contribution in [2.45, 2.75) is 20.8 Å². The predicted octanol–water partition coefficient (Wildman–Crippen LogP) is 4.87. The fourth-order valence-corrected chi connectivity index (χ4v) is 3.16. The molecule has 1 heterocycles. The van der Waals surface area contributed by atoms with Gasteiger partial charge < -0.3 is 0 Å². The van der Waals surface area contributed by atoms with E-state index < -0.39 is 5.91 Å². The number of aryl methyl sites for hydroxylation is 3. The molecule has 3 rings (SSSR count). The average Bonchev–Trinajstić information content (AvgIpc) is 2.92. The zero-order valence-electron chi connectivity index (χ0n) is 15.1. The Morgan fingerprint density at radius 1 is 1.15 bits per heavy atom. The van der Waals surface area contributed by atoms with E-state index in [1.165, 1.54) is 6.21 Å². The van der Waals surface area contributed by atoms with Gasteiger partial charge in [-0.3, -0.25) is 4.79 Å². The fraction of sp³-hybridized carbons (Fsp3) is 0.150. The molecule has 1 amide bonds. The van der Waals surface area contributed by atoms with Crippen LogP contribution in [0.3, 0.4) is 0 Å². The normalized spacial score (nSPS) is 11.1. The van der Waals surface area contributed by atoms with E-state index in [1.807, 2.05) is 39.0 Å². The molecule has 0 atom stereocenters. The number of carbonyl (C=O) groups excluding carboxylic acids is 1. The number of aromatic nitrogens is 2. The number of nitrogens with one attached hydrogen (secondary N) is 1. The summed E-state index contributed by atoms with van der Waals surface area (Å²) in [5.74, 6) is -0.396. The van der Waals surface area contributed by atoms with Crippen LogP contribution in [-0.2, 0) is 0 Å². The molecule has 0 unspecified atom stereocenters. The summed E-state index contributed by atoms with van der Waals surface area (Å²) in [7, 11) is 0. The van der Waals surface area contributed by atoms with E-state index in [4.69, 9.17) is 23.2 Å². The average molecular weight is 401 g/mol. The second-order valence-corrected chi connectivity index (χ2v) is 6.94. The molecule has 138 valence electrons. The zero-order chi connectivity index (χ0) is 19.6. The number of carbonyl (C=O) groups is 1. The van der Waals surface area contributed by atoms with Crippen LogP contribution in [0.1, 0.15) is 32.7 Å². The molecule has 3 aromatic rings. The van der Waals surface area contributed by atoms with Gasteiger partial charge in [-0.2, -0.15) is 10.2 Å². The minimum Gasteiger partial charge on any atom is -0.267 e. The first-order chi connectivity index (χ1) is 12.9. The van der Waals surface area contributed by atoms with Crippen molar-refractivity contribution in [1.29, 1.82) is 0 Å². The highest BCUT2D eigenvalue weighted by Gasteiger charge is 2.15. The second kappa shape index (κ2) is 7.94. The lowest BCUT2D eigenvalue weighted by molar-refractivity contribution is 0.0955. The first kappa shape index (κ1) is 19.1. The standard InChI is InChI=1S/C20H18Cl2N4O/c1-12-8-9-13(2)18(10-12)26-19(22)16(14(3)25-26)11-23-24-20(27)15-6-4-5-7-17(15)21/h4-11H,1-3H3,(H,24,27)/b23-11-. The van der Waals surface area contributed by atoms with Crippen LogP contribution >= 0.6 is 23.2 Å². The van der Waals surface area contributed by atoms with Crippen molar-refractivity contribution < 1.29 is 4.79 Å². The van der Waals surface area contributed by atoms with Gasteiger partial charge in [0.1, 0.15) is 5.15 Å². The SMILES string of the molecule is Cc1ccc(C)c(-n2nc(C)c(/C=N\NC(=O)c3ccccc3Cl)c2Cl)c1. The second-order valence-electron chi connectivity index (χ2n) is 6.17. The molecule has 0 spiro atoms. The van der Waals surface area contributed by atoms with E-state index in [2.05, 4.69) is 15.6 Å². The zero-order valence-corrected chi connectivity index (χ0v) is 16.6. The van der Waals surface area contributed by atoms with E-state index in [1.54, 1.807) is 28.9 Å². The molecule has 1 N–H and O–H groups in total. The summed E-state index contributed by atoms with van der Waals surface area (Å²) < 4.78 is 1.68. The molecule has 0 radical (unpaired) electrons. The van der Waals surface area contributed by atoms with Crippen LogP contribution in [0.25, 0.3) is 5.69 Å². The summed E-state index contributed by atoms with van der Waals surface area (Å²) in [6.45, 7) is 5.85. The van der Waals surface area contributed by atoms with Crippen molar-refractivity contribution in [2.24, 2.45) is 5.10 Å². The summed E-state index contributed by atoms with van der Waals surface area (Å²) in [5, 5.41) is 9.31. The third kappa shape index (κ3) is 4.04. The van der Waals surface area contributed by atoms with E-state index >= 15 is 0 Å². The van der Waals surface area contributed by atoms with Gasteiger partial charge in [-0.1, -0.05) is 47.5 Å². The molecule has 0 saturated carbocycles. The van der Waals surface area contributed by atoms with Gasteiger partial charge in [0.05, 0.1) is 33.7 Å². The van der Waals surface area contributed by atoms with Gasteiger partial charge in [-0.15, -0.1) is 0 Å². The maximum absolute atomic E-state index is 12.2. The van der Waals surface area contributed by atoms with Gasteiger partial charge >= 0.3 is 0 Å². The van der Waals surface area contributed by atoms with E-state index in [0.29, 0.717) is 27.0 Å². The van der Waals surface area contributed by atoms with Gasteiger partial charge in [0.2, 0.25) is 0 Å². The van der Waals surface area contributed by atoms with Crippen molar-refractivity contribution in [2.75, 3.05) is 0 Å². The molecule has 0 saturated heterocycles. The van der Waals surface area contributed by atoms with Crippen LogP contribution in [0.2, 0.25) is 10.2 Å². The molecule has 0 aliphatic carbocycles.